The van der Waals surface area contributed by atoms with Gasteiger partial charge >= 0.3 is 0 Å². The van der Waals surface area contributed by atoms with E-state index in [4.69, 9.17) is 3.87 Å². The molecule has 0 atom stereocenters. The van der Waals surface area contributed by atoms with Crippen LogP contribution in [0.3, 0.4) is 0 Å². The maximum absolute atomic E-state index is 13.6. The van der Waals surface area contributed by atoms with Crippen molar-refractivity contribution in [1.82, 2.24) is 0 Å². The normalized spacial score (nSPS) is 11.9. The molecule has 0 fully saturated rings. The molecule has 0 saturated carbocycles. The van der Waals surface area contributed by atoms with Gasteiger partial charge in [-0.25, -0.2) is 0 Å². The summed E-state index contributed by atoms with van der Waals surface area (Å²) < 4.78 is 33.7. The lowest BCUT2D eigenvalue weighted by atomic mass is 10.2. The third-order valence-corrected chi connectivity index (χ3v) is 12.3. The van der Waals surface area contributed by atoms with Crippen molar-refractivity contribution in [1.29, 1.82) is 0 Å². The van der Waals surface area contributed by atoms with Crippen LogP contribution in [-0.4, -0.2) is 16.7 Å². The smallest absolute Gasteiger partial charge is 0.287 e. The molecule has 0 aliphatic rings. The van der Waals surface area contributed by atoms with Gasteiger partial charge in [-0.2, -0.15) is 8.42 Å². The molecular weight excluding hydrogens is 456 g/mol. The van der Waals surface area contributed by atoms with Crippen molar-refractivity contribution in [2.75, 3.05) is 0 Å². The van der Waals surface area contributed by atoms with Gasteiger partial charge in [-0.3, -0.25) is 0 Å². The summed E-state index contributed by atoms with van der Waals surface area (Å²) in [5.74, 6) is 0. The van der Waals surface area contributed by atoms with Gasteiger partial charge in [0.15, 0.2) is 0 Å². The van der Waals surface area contributed by atoms with Gasteiger partial charge in [0, 0.05) is 0 Å². The fraction of sp³-hybridized carbons (Fsp3) is 0.172. The largest absolute Gasteiger partial charge is 0.310 e. The van der Waals surface area contributed by atoms with Crippen LogP contribution in [0.25, 0.3) is 0 Å². The first kappa shape index (κ1) is 24.1. The quantitative estimate of drug-likeness (QED) is 0.249. The minimum atomic E-state index is -3.94. The first-order chi connectivity index (χ1) is 16.5. The van der Waals surface area contributed by atoms with E-state index in [-0.39, 0.29) is 4.90 Å². The number of benzene rings is 4. The average Bonchev–Trinajstić information content (AvgIpc) is 2.85. The highest BCUT2D eigenvalue weighted by Gasteiger charge is 2.41. The molecule has 5 heteroatoms. The van der Waals surface area contributed by atoms with E-state index in [2.05, 4.69) is 43.3 Å². The van der Waals surface area contributed by atoms with Crippen LogP contribution >= 0.6 is 0 Å². The fourth-order valence-electron chi connectivity index (χ4n) is 4.35. The van der Waals surface area contributed by atoms with Gasteiger partial charge in [0.2, 0.25) is 8.32 Å². The zero-order valence-corrected chi connectivity index (χ0v) is 21.2. The molecule has 0 amide bonds. The van der Waals surface area contributed by atoms with E-state index in [0.717, 1.165) is 28.7 Å². The number of aryl methyl sites for hydroxylation is 1. The van der Waals surface area contributed by atoms with Gasteiger partial charge in [-0.05, 0) is 58.9 Å². The van der Waals surface area contributed by atoms with Crippen molar-refractivity contribution in [2.45, 2.75) is 36.4 Å². The molecular formula is C29H30O3SSi. The zero-order valence-electron chi connectivity index (χ0n) is 19.4. The highest BCUT2D eigenvalue weighted by Crippen LogP contribution is 2.28. The van der Waals surface area contributed by atoms with Crippen LogP contribution in [0.1, 0.15) is 29.2 Å². The highest BCUT2D eigenvalue weighted by molar-refractivity contribution is 7.87. The van der Waals surface area contributed by atoms with Gasteiger partial charge < -0.3 is 3.87 Å². The summed E-state index contributed by atoms with van der Waals surface area (Å²) in [5.41, 5.74) is 4.38. The molecule has 0 bridgehead atoms. The molecule has 0 aliphatic carbocycles. The lowest BCUT2D eigenvalue weighted by Gasteiger charge is -2.31. The standard InChI is InChI=1S/C29H30O3SSi/c1-2-25-18-20-29(21-19-25)33(30,31)32-34(22-26-12-6-3-7-13-26,23-27-14-8-4-9-15-27)24-28-16-10-5-11-17-28/h3-21H,2,22-24H2,1H3. The summed E-state index contributed by atoms with van der Waals surface area (Å²) >= 11 is 0. The molecule has 0 aromatic heterocycles. The Hall–Kier alpha value is -2.99. The molecule has 0 N–H and O–H groups in total. The summed E-state index contributed by atoms with van der Waals surface area (Å²) in [5, 5.41) is 0. The van der Waals surface area contributed by atoms with Crippen molar-refractivity contribution < 1.29 is 12.3 Å². The van der Waals surface area contributed by atoms with Crippen LogP contribution < -0.4 is 0 Å². The molecule has 0 radical (unpaired) electrons. The second kappa shape index (κ2) is 11.0. The maximum atomic E-state index is 13.6. The van der Waals surface area contributed by atoms with Crippen LogP contribution in [0.15, 0.2) is 120 Å². The van der Waals surface area contributed by atoms with Crippen molar-refractivity contribution in [2.24, 2.45) is 0 Å². The lowest BCUT2D eigenvalue weighted by molar-refractivity contribution is 0.471. The second-order valence-electron chi connectivity index (χ2n) is 8.71. The molecule has 4 aromatic carbocycles. The number of rotatable bonds is 10. The molecule has 34 heavy (non-hydrogen) atoms. The summed E-state index contributed by atoms with van der Waals surface area (Å²) in [4.78, 5) is 0.218. The van der Waals surface area contributed by atoms with Gasteiger partial charge in [0.1, 0.15) is 0 Å². The zero-order chi connectivity index (χ0) is 23.9. The molecule has 4 aromatic rings. The van der Waals surface area contributed by atoms with E-state index in [1.54, 1.807) is 12.1 Å². The Labute approximate surface area is 204 Å². The first-order valence-electron chi connectivity index (χ1n) is 11.6. The molecule has 0 aliphatic heterocycles. The van der Waals surface area contributed by atoms with Crippen LogP contribution in [0, 0.1) is 0 Å². The predicted molar refractivity (Wildman–Crippen MR) is 140 cm³/mol. The Morgan fingerprint density at radius 1 is 0.559 bits per heavy atom. The van der Waals surface area contributed by atoms with Gasteiger partial charge in [-0.15, -0.1) is 0 Å². The van der Waals surface area contributed by atoms with Gasteiger partial charge in [0.25, 0.3) is 10.1 Å². The number of hydrogen-bond acceptors (Lipinski definition) is 3. The molecule has 174 valence electrons. The fourth-order valence-corrected chi connectivity index (χ4v) is 11.1. The van der Waals surface area contributed by atoms with E-state index in [9.17, 15) is 8.42 Å². The van der Waals surface area contributed by atoms with E-state index in [1.807, 2.05) is 66.7 Å². The SMILES string of the molecule is CCc1ccc(S(=O)(=O)O[Si](Cc2ccccc2)(Cc2ccccc2)Cc2ccccc2)cc1. The second-order valence-corrected chi connectivity index (χ2v) is 14.2. The lowest BCUT2D eigenvalue weighted by Crippen LogP contribution is -2.48. The molecule has 3 nitrogen and oxygen atoms in total. The minimum Gasteiger partial charge on any atom is -0.310 e. The Morgan fingerprint density at radius 2 is 0.941 bits per heavy atom. The third kappa shape index (κ3) is 6.32. The molecule has 0 heterocycles. The van der Waals surface area contributed by atoms with Crippen LogP contribution in [0.2, 0.25) is 0 Å². The predicted octanol–water partition coefficient (Wildman–Crippen LogP) is 6.25. The summed E-state index contributed by atoms with van der Waals surface area (Å²) in [6.07, 6.45) is 0.857. The molecule has 0 saturated heterocycles. The maximum Gasteiger partial charge on any atom is 0.287 e. The molecule has 0 unspecified atom stereocenters. The van der Waals surface area contributed by atoms with Crippen molar-refractivity contribution in [3.8, 4) is 0 Å². The van der Waals surface area contributed by atoms with Crippen molar-refractivity contribution in [3.05, 3.63) is 138 Å². The van der Waals surface area contributed by atoms with Crippen molar-refractivity contribution in [3.63, 3.8) is 0 Å². The Morgan fingerprint density at radius 3 is 1.29 bits per heavy atom. The topological polar surface area (TPSA) is 43.4 Å². The summed E-state index contributed by atoms with van der Waals surface area (Å²) in [7, 11) is -6.89. The van der Waals surface area contributed by atoms with E-state index < -0.39 is 18.4 Å². The Balaban J connectivity index is 1.79. The molecule has 4 rings (SSSR count). The number of hydrogen-bond donors (Lipinski definition) is 0. The van der Waals surface area contributed by atoms with Gasteiger partial charge in [-0.1, -0.05) is 110 Å². The van der Waals surface area contributed by atoms with Crippen LogP contribution in [0.4, 0.5) is 0 Å². The third-order valence-electron chi connectivity index (χ3n) is 6.01. The van der Waals surface area contributed by atoms with Crippen LogP contribution in [0.5, 0.6) is 0 Å². The Kier molecular flexibility index (Phi) is 7.78. The summed E-state index contributed by atoms with van der Waals surface area (Å²) in [6, 6.07) is 39.2. The average molecular weight is 487 g/mol. The monoisotopic (exact) mass is 486 g/mol. The minimum absolute atomic E-state index is 0.218. The van der Waals surface area contributed by atoms with E-state index >= 15 is 0 Å². The Bertz CT molecular complexity index is 1170. The van der Waals surface area contributed by atoms with Crippen LogP contribution in [-0.2, 0) is 38.5 Å². The highest BCUT2D eigenvalue weighted by atomic mass is 32.2. The van der Waals surface area contributed by atoms with E-state index in [1.165, 1.54) is 0 Å². The molecule has 0 spiro atoms. The van der Waals surface area contributed by atoms with E-state index in [0.29, 0.717) is 18.1 Å². The summed E-state index contributed by atoms with van der Waals surface area (Å²) in [6.45, 7) is 2.05. The first-order valence-corrected chi connectivity index (χ1v) is 15.6. The van der Waals surface area contributed by atoms with Gasteiger partial charge in [0.05, 0.1) is 4.90 Å². The van der Waals surface area contributed by atoms with Crippen molar-refractivity contribution >= 4 is 18.4 Å².